The number of nitrogens with two attached hydrogens (primary N) is 1. The molecule has 0 fully saturated rings. The molecule has 3 N–H and O–H groups in total. The smallest absolute Gasteiger partial charge is 0.239 e. The number of ether oxygens (including phenoxy) is 1. The lowest BCUT2D eigenvalue weighted by Crippen LogP contribution is -2.07. The lowest BCUT2D eigenvalue weighted by atomic mass is 10.2. The first kappa shape index (κ1) is 13.2. The van der Waals surface area contributed by atoms with Crippen molar-refractivity contribution in [2.45, 2.75) is 13.3 Å². The number of anilines is 2. The van der Waals surface area contributed by atoms with Crippen molar-refractivity contribution in [3.8, 4) is 5.88 Å². The average molecular weight is 261 g/mol. The van der Waals surface area contributed by atoms with Crippen LogP contribution in [-0.4, -0.2) is 27.9 Å². The third kappa shape index (κ3) is 3.61. The molecule has 2 rings (SSSR count). The van der Waals surface area contributed by atoms with Crippen LogP contribution in [0.2, 0.25) is 0 Å². The highest BCUT2D eigenvalue weighted by Crippen LogP contribution is 2.20. The Morgan fingerprint density at radius 3 is 2.95 bits per heavy atom. The van der Waals surface area contributed by atoms with E-state index < -0.39 is 0 Å². The van der Waals surface area contributed by atoms with E-state index in [0.717, 1.165) is 18.8 Å². The van der Waals surface area contributed by atoms with E-state index in [1.165, 1.54) is 5.56 Å². The molecular formula is C13H19N5O. The zero-order chi connectivity index (χ0) is 13.7. The van der Waals surface area contributed by atoms with E-state index in [1.54, 1.807) is 10.7 Å². The fourth-order valence-electron chi connectivity index (χ4n) is 1.74. The van der Waals surface area contributed by atoms with Gasteiger partial charge >= 0.3 is 0 Å². The minimum atomic E-state index is 0.480. The quantitative estimate of drug-likeness (QED) is 0.823. The molecule has 6 nitrogen and oxygen atoms in total. The summed E-state index contributed by atoms with van der Waals surface area (Å²) in [6, 6.07) is 3.64. The molecule has 2 aromatic rings. The number of rotatable bonds is 6. The van der Waals surface area contributed by atoms with Gasteiger partial charge in [-0.2, -0.15) is 10.1 Å². The number of nitrogens with one attached hydrogen (secondary N) is 1. The predicted octanol–water partition coefficient (Wildman–Crippen LogP) is 1.45. The topological polar surface area (TPSA) is 78.0 Å². The molecule has 0 saturated carbocycles. The van der Waals surface area contributed by atoms with Crippen molar-refractivity contribution in [2.24, 2.45) is 7.05 Å². The van der Waals surface area contributed by atoms with E-state index in [2.05, 4.69) is 15.4 Å². The van der Waals surface area contributed by atoms with Crippen LogP contribution in [0, 0.1) is 0 Å². The van der Waals surface area contributed by atoms with Gasteiger partial charge in [0.2, 0.25) is 5.88 Å². The lowest BCUT2D eigenvalue weighted by Gasteiger charge is -2.09. The Hall–Kier alpha value is -2.24. The highest BCUT2D eigenvalue weighted by atomic mass is 16.5. The highest BCUT2D eigenvalue weighted by Gasteiger charge is 2.03. The van der Waals surface area contributed by atoms with Crippen LogP contribution in [0.15, 0.2) is 24.5 Å². The monoisotopic (exact) mass is 261 g/mol. The summed E-state index contributed by atoms with van der Waals surface area (Å²) < 4.78 is 7.15. The Bertz CT molecular complexity index is 538. The van der Waals surface area contributed by atoms with Crippen LogP contribution in [0.5, 0.6) is 5.88 Å². The largest absolute Gasteiger partial charge is 0.476 e. The van der Waals surface area contributed by atoms with Crippen LogP contribution in [-0.2, 0) is 13.5 Å². The van der Waals surface area contributed by atoms with Crippen LogP contribution in [0.25, 0.3) is 0 Å². The SMILES string of the molecule is CCOc1nc(NCCc2cnn(C)c2)ccc1N. The summed E-state index contributed by atoms with van der Waals surface area (Å²) in [4.78, 5) is 4.32. The molecular weight excluding hydrogens is 242 g/mol. The molecule has 102 valence electrons. The third-order valence-corrected chi connectivity index (χ3v) is 2.65. The van der Waals surface area contributed by atoms with E-state index in [0.29, 0.717) is 18.2 Å². The lowest BCUT2D eigenvalue weighted by molar-refractivity contribution is 0.329. The van der Waals surface area contributed by atoms with Gasteiger partial charge in [0.1, 0.15) is 5.82 Å². The molecule has 0 unspecified atom stereocenters. The van der Waals surface area contributed by atoms with Gasteiger partial charge in [-0.05, 0) is 31.0 Å². The molecule has 0 aliphatic heterocycles. The van der Waals surface area contributed by atoms with Crippen molar-refractivity contribution in [1.29, 1.82) is 0 Å². The number of aryl methyl sites for hydroxylation is 1. The predicted molar refractivity (Wildman–Crippen MR) is 75.2 cm³/mol. The van der Waals surface area contributed by atoms with Crippen molar-refractivity contribution >= 4 is 11.5 Å². The maximum atomic E-state index is 5.77. The molecule has 0 aliphatic carbocycles. The summed E-state index contributed by atoms with van der Waals surface area (Å²) in [5, 5.41) is 7.37. The zero-order valence-electron chi connectivity index (χ0n) is 11.3. The maximum absolute atomic E-state index is 5.77. The molecule has 19 heavy (non-hydrogen) atoms. The van der Waals surface area contributed by atoms with Gasteiger partial charge in [-0.25, -0.2) is 0 Å². The summed E-state index contributed by atoms with van der Waals surface area (Å²) in [6.07, 6.45) is 4.76. The average Bonchev–Trinajstić information content (AvgIpc) is 2.79. The fourth-order valence-corrected chi connectivity index (χ4v) is 1.74. The number of aromatic nitrogens is 3. The maximum Gasteiger partial charge on any atom is 0.239 e. The van der Waals surface area contributed by atoms with Crippen molar-refractivity contribution < 1.29 is 4.74 Å². The van der Waals surface area contributed by atoms with Gasteiger partial charge in [-0.1, -0.05) is 0 Å². The summed E-state index contributed by atoms with van der Waals surface area (Å²) >= 11 is 0. The Morgan fingerprint density at radius 1 is 1.42 bits per heavy atom. The van der Waals surface area contributed by atoms with Crippen LogP contribution in [0.4, 0.5) is 11.5 Å². The molecule has 0 saturated heterocycles. The number of nitrogens with zero attached hydrogens (tertiary/aromatic N) is 3. The van der Waals surface area contributed by atoms with Gasteiger partial charge in [0.15, 0.2) is 0 Å². The van der Waals surface area contributed by atoms with Crippen LogP contribution in [0.1, 0.15) is 12.5 Å². The van der Waals surface area contributed by atoms with E-state index in [9.17, 15) is 0 Å². The Labute approximate surface area is 112 Å². The molecule has 2 aromatic heterocycles. The molecule has 0 atom stereocenters. The van der Waals surface area contributed by atoms with Crippen molar-refractivity contribution in [3.05, 3.63) is 30.1 Å². The van der Waals surface area contributed by atoms with Gasteiger partial charge in [0.25, 0.3) is 0 Å². The second-order valence-electron chi connectivity index (χ2n) is 4.22. The minimum absolute atomic E-state index is 0.480. The van der Waals surface area contributed by atoms with E-state index >= 15 is 0 Å². The number of hydrogen-bond acceptors (Lipinski definition) is 5. The molecule has 0 radical (unpaired) electrons. The normalized spacial score (nSPS) is 10.4. The Balaban J connectivity index is 1.90. The van der Waals surface area contributed by atoms with E-state index in [4.69, 9.17) is 10.5 Å². The van der Waals surface area contributed by atoms with Gasteiger partial charge in [0, 0.05) is 19.8 Å². The third-order valence-electron chi connectivity index (χ3n) is 2.65. The highest BCUT2D eigenvalue weighted by molar-refractivity contribution is 5.53. The minimum Gasteiger partial charge on any atom is -0.476 e. The van der Waals surface area contributed by atoms with Crippen molar-refractivity contribution in [1.82, 2.24) is 14.8 Å². The second kappa shape index (κ2) is 6.08. The van der Waals surface area contributed by atoms with E-state index in [1.807, 2.05) is 32.4 Å². The summed E-state index contributed by atoms with van der Waals surface area (Å²) in [5.74, 6) is 1.25. The first-order chi connectivity index (χ1) is 9.19. The van der Waals surface area contributed by atoms with Crippen LogP contribution in [0.3, 0.4) is 0 Å². The second-order valence-corrected chi connectivity index (χ2v) is 4.22. The number of hydrogen-bond donors (Lipinski definition) is 2. The number of pyridine rings is 1. The van der Waals surface area contributed by atoms with Gasteiger partial charge in [0.05, 0.1) is 18.5 Å². The summed E-state index contributed by atoms with van der Waals surface area (Å²) in [7, 11) is 1.91. The number of nitrogen functional groups attached to an aromatic ring is 1. The summed E-state index contributed by atoms with van der Waals surface area (Å²) in [5.41, 5.74) is 7.52. The molecule has 0 bridgehead atoms. The molecule has 2 heterocycles. The van der Waals surface area contributed by atoms with Crippen molar-refractivity contribution in [3.63, 3.8) is 0 Å². The molecule has 0 spiro atoms. The van der Waals surface area contributed by atoms with E-state index in [-0.39, 0.29) is 0 Å². The van der Waals surface area contributed by atoms with Crippen LogP contribution < -0.4 is 15.8 Å². The van der Waals surface area contributed by atoms with Gasteiger partial charge < -0.3 is 15.8 Å². The van der Waals surface area contributed by atoms with Gasteiger partial charge in [-0.3, -0.25) is 4.68 Å². The van der Waals surface area contributed by atoms with Crippen LogP contribution >= 0.6 is 0 Å². The fraction of sp³-hybridized carbons (Fsp3) is 0.385. The first-order valence-electron chi connectivity index (χ1n) is 6.29. The summed E-state index contributed by atoms with van der Waals surface area (Å²) in [6.45, 7) is 3.24. The molecule has 6 heteroatoms. The van der Waals surface area contributed by atoms with Crippen molar-refractivity contribution in [2.75, 3.05) is 24.2 Å². The zero-order valence-corrected chi connectivity index (χ0v) is 11.3. The molecule has 0 aliphatic rings. The van der Waals surface area contributed by atoms with Gasteiger partial charge in [-0.15, -0.1) is 0 Å². The molecule has 0 aromatic carbocycles. The standard InChI is InChI=1S/C13H19N5O/c1-3-19-13-11(14)4-5-12(17-13)15-7-6-10-8-16-18(2)9-10/h4-5,8-9H,3,6-7,14H2,1-2H3,(H,15,17). The Kier molecular flexibility index (Phi) is 4.22. The molecule has 0 amide bonds. The first-order valence-corrected chi connectivity index (χ1v) is 6.29. The Morgan fingerprint density at radius 2 is 2.26 bits per heavy atom.